The van der Waals surface area contributed by atoms with E-state index in [9.17, 15) is 0 Å². The quantitative estimate of drug-likeness (QED) is 0.755. The second-order valence-corrected chi connectivity index (χ2v) is 4.43. The van der Waals surface area contributed by atoms with Crippen molar-refractivity contribution in [2.75, 3.05) is 33.1 Å². The SMILES string of the molecule is CCN(Cc1ccc(OC)cc1N)C(C)COC. The van der Waals surface area contributed by atoms with E-state index in [0.717, 1.165) is 36.7 Å². The molecule has 1 atom stereocenters. The van der Waals surface area contributed by atoms with Crippen LogP contribution in [0.4, 0.5) is 5.69 Å². The molecule has 0 heterocycles. The maximum Gasteiger partial charge on any atom is 0.120 e. The second-order valence-electron chi connectivity index (χ2n) is 4.43. The zero-order chi connectivity index (χ0) is 13.5. The topological polar surface area (TPSA) is 47.7 Å². The molecule has 0 aliphatic carbocycles. The lowest BCUT2D eigenvalue weighted by atomic mass is 10.1. The molecule has 0 spiro atoms. The lowest BCUT2D eigenvalue weighted by molar-refractivity contribution is 0.0983. The molecule has 0 aliphatic heterocycles. The van der Waals surface area contributed by atoms with Gasteiger partial charge in [0, 0.05) is 31.5 Å². The van der Waals surface area contributed by atoms with Crippen LogP contribution in [0.3, 0.4) is 0 Å². The van der Waals surface area contributed by atoms with E-state index in [1.807, 2.05) is 18.2 Å². The summed E-state index contributed by atoms with van der Waals surface area (Å²) in [5, 5.41) is 0. The lowest BCUT2D eigenvalue weighted by Gasteiger charge is -2.27. The molecule has 18 heavy (non-hydrogen) atoms. The Labute approximate surface area is 110 Å². The highest BCUT2D eigenvalue weighted by atomic mass is 16.5. The van der Waals surface area contributed by atoms with Crippen molar-refractivity contribution in [3.05, 3.63) is 23.8 Å². The number of hydrogen-bond acceptors (Lipinski definition) is 4. The van der Waals surface area contributed by atoms with Crippen LogP contribution in [0.15, 0.2) is 18.2 Å². The van der Waals surface area contributed by atoms with Crippen molar-refractivity contribution >= 4 is 5.69 Å². The summed E-state index contributed by atoms with van der Waals surface area (Å²) in [6.07, 6.45) is 0. The van der Waals surface area contributed by atoms with Gasteiger partial charge in [0.25, 0.3) is 0 Å². The number of likely N-dealkylation sites (N-methyl/N-ethyl adjacent to an activating group) is 1. The van der Waals surface area contributed by atoms with Crippen molar-refractivity contribution in [2.45, 2.75) is 26.4 Å². The standard InChI is InChI=1S/C14H24N2O2/c1-5-16(11(2)10-17-3)9-12-6-7-13(18-4)8-14(12)15/h6-8,11H,5,9-10,15H2,1-4H3. The fraction of sp³-hybridized carbons (Fsp3) is 0.571. The second kappa shape index (κ2) is 7.24. The van der Waals surface area contributed by atoms with Gasteiger partial charge in [0.2, 0.25) is 0 Å². The predicted octanol–water partition coefficient (Wildman–Crippen LogP) is 2.13. The van der Waals surface area contributed by atoms with E-state index >= 15 is 0 Å². The summed E-state index contributed by atoms with van der Waals surface area (Å²) in [6.45, 7) is 6.83. The minimum atomic E-state index is 0.376. The molecule has 2 N–H and O–H groups in total. The number of nitrogens with two attached hydrogens (primary N) is 1. The van der Waals surface area contributed by atoms with E-state index in [0.29, 0.717) is 6.04 Å². The van der Waals surface area contributed by atoms with Crippen molar-refractivity contribution in [2.24, 2.45) is 0 Å². The number of nitrogen functional groups attached to an aromatic ring is 1. The van der Waals surface area contributed by atoms with E-state index in [4.69, 9.17) is 15.2 Å². The van der Waals surface area contributed by atoms with Gasteiger partial charge in [-0.1, -0.05) is 13.0 Å². The van der Waals surface area contributed by atoms with Crippen molar-refractivity contribution in [3.8, 4) is 5.75 Å². The third kappa shape index (κ3) is 3.89. The summed E-state index contributed by atoms with van der Waals surface area (Å²) < 4.78 is 10.4. The Balaban J connectivity index is 2.75. The van der Waals surface area contributed by atoms with Crippen LogP contribution in [-0.2, 0) is 11.3 Å². The number of benzene rings is 1. The maximum atomic E-state index is 6.04. The smallest absolute Gasteiger partial charge is 0.120 e. The van der Waals surface area contributed by atoms with Gasteiger partial charge < -0.3 is 15.2 Å². The van der Waals surface area contributed by atoms with E-state index in [2.05, 4.69) is 18.7 Å². The van der Waals surface area contributed by atoms with Crippen molar-refractivity contribution < 1.29 is 9.47 Å². The number of hydrogen-bond donors (Lipinski definition) is 1. The van der Waals surface area contributed by atoms with Crippen LogP contribution in [0.25, 0.3) is 0 Å². The third-order valence-electron chi connectivity index (χ3n) is 3.16. The summed E-state index contributed by atoms with van der Waals surface area (Å²) in [7, 11) is 3.37. The van der Waals surface area contributed by atoms with Gasteiger partial charge in [-0.2, -0.15) is 0 Å². The van der Waals surface area contributed by atoms with Crippen LogP contribution in [0, 0.1) is 0 Å². The Morgan fingerprint density at radius 2 is 2.06 bits per heavy atom. The molecule has 4 heteroatoms. The van der Waals surface area contributed by atoms with Gasteiger partial charge in [-0.15, -0.1) is 0 Å². The molecular weight excluding hydrogens is 228 g/mol. The molecule has 1 aromatic rings. The molecule has 0 bridgehead atoms. The Morgan fingerprint density at radius 3 is 2.56 bits per heavy atom. The summed E-state index contributed by atoms with van der Waals surface area (Å²) in [5.41, 5.74) is 7.94. The Kier molecular flexibility index (Phi) is 5.95. The van der Waals surface area contributed by atoms with Gasteiger partial charge in [0.1, 0.15) is 5.75 Å². The highest BCUT2D eigenvalue weighted by Gasteiger charge is 2.13. The molecule has 0 fully saturated rings. The van der Waals surface area contributed by atoms with Gasteiger partial charge in [0.15, 0.2) is 0 Å². The number of rotatable bonds is 7. The third-order valence-corrected chi connectivity index (χ3v) is 3.16. The fourth-order valence-electron chi connectivity index (χ4n) is 1.99. The number of nitrogens with zero attached hydrogens (tertiary/aromatic N) is 1. The van der Waals surface area contributed by atoms with E-state index in [1.54, 1.807) is 14.2 Å². The lowest BCUT2D eigenvalue weighted by Crippen LogP contribution is -2.35. The average Bonchev–Trinajstić information content (AvgIpc) is 2.37. The van der Waals surface area contributed by atoms with Crippen LogP contribution in [0.1, 0.15) is 19.4 Å². The van der Waals surface area contributed by atoms with Crippen molar-refractivity contribution in [1.29, 1.82) is 0 Å². The molecule has 0 saturated heterocycles. The highest BCUT2D eigenvalue weighted by molar-refractivity contribution is 5.51. The molecule has 0 aromatic heterocycles. The molecule has 0 saturated carbocycles. The van der Waals surface area contributed by atoms with E-state index in [1.165, 1.54) is 0 Å². The van der Waals surface area contributed by atoms with Crippen molar-refractivity contribution in [3.63, 3.8) is 0 Å². The van der Waals surface area contributed by atoms with Gasteiger partial charge in [0.05, 0.1) is 13.7 Å². The van der Waals surface area contributed by atoms with E-state index < -0.39 is 0 Å². The number of methoxy groups -OCH3 is 2. The molecule has 102 valence electrons. The monoisotopic (exact) mass is 252 g/mol. The van der Waals surface area contributed by atoms with Gasteiger partial charge in [-0.25, -0.2) is 0 Å². The van der Waals surface area contributed by atoms with Gasteiger partial charge in [-0.05, 0) is 25.1 Å². The highest BCUT2D eigenvalue weighted by Crippen LogP contribution is 2.21. The largest absolute Gasteiger partial charge is 0.497 e. The Bertz CT molecular complexity index is 369. The van der Waals surface area contributed by atoms with Crippen LogP contribution in [0.5, 0.6) is 5.75 Å². The molecule has 1 unspecified atom stereocenters. The van der Waals surface area contributed by atoms with Crippen molar-refractivity contribution in [1.82, 2.24) is 4.90 Å². The first kappa shape index (κ1) is 14.8. The van der Waals surface area contributed by atoms with Crippen LogP contribution < -0.4 is 10.5 Å². The van der Waals surface area contributed by atoms with E-state index in [-0.39, 0.29) is 0 Å². The normalized spacial score (nSPS) is 12.7. The Morgan fingerprint density at radius 1 is 1.33 bits per heavy atom. The fourth-order valence-corrected chi connectivity index (χ4v) is 1.99. The molecule has 0 radical (unpaired) electrons. The molecule has 0 aliphatic rings. The number of ether oxygens (including phenoxy) is 2. The maximum absolute atomic E-state index is 6.04. The first-order valence-electron chi connectivity index (χ1n) is 6.27. The molecule has 4 nitrogen and oxygen atoms in total. The molecule has 1 rings (SSSR count). The summed E-state index contributed by atoms with van der Waals surface area (Å²) >= 11 is 0. The number of anilines is 1. The Hall–Kier alpha value is -1.26. The van der Waals surface area contributed by atoms with Crippen LogP contribution in [0.2, 0.25) is 0 Å². The zero-order valence-electron chi connectivity index (χ0n) is 11.8. The predicted molar refractivity (Wildman–Crippen MR) is 74.8 cm³/mol. The average molecular weight is 252 g/mol. The van der Waals surface area contributed by atoms with Gasteiger partial charge in [-0.3, -0.25) is 4.90 Å². The van der Waals surface area contributed by atoms with Crippen LogP contribution >= 0.6 is 0 Å². The minimum absolute atomic E-state index is 0.376. The first-order valence-corrected chi connectivity index (χ1v) is 6.27. The summed E-state index contributed by atoms with van der Waals surface area (Å²) in [5.74, 6) is 0.796. The molecule has 0 amide bonds. The summed E-state index contributed by atoms with van der Waals surface area (Å²) in [6, 6.07) is 6.21. The minimum Gasteiger partial charge on any atom is -0.497 e. The van der Waals surface area contributed by atoms with Gasteiger partial charge >= 0.3 is 0 Å². The van der Waals surface area contributed by atoms with Crippen LogP contribution in [-0.4, -0.2) is 38.3 Å². The first-order chi connectivity index (χ1) is 8.62. The summed E-state index contributed by atoms with van der Waals surface area (Å²) in [4.78, 5) is 2.33. The zero-order valence-corrected chi connectivity index (χ0v) is 11.8. The molecular formula is C14H24N2O2. The molecule has 1 aromatic carbocycles.